The quantitative estimate of drug-likeness (QED) is 0.463. The van der Waals surface area contributed by atoms with Crippen molar-refractivity contribution in [2.24, 2.45) is 0 Å². The van der Waals surface area contributed by atoms with Crippen LogP contribution in [0, 0.1) is 11.3 Å². The first-order valence-corrected chi connectivity index (χ1v) is 10.3. The number of hydrogen-bond acceptors (Lipinski definition) is 5. The molecule has 2 aromatic rings. The number of rotatable bonds is 3. The van der Waals surface area contributed by atoms with E-state index >= 15 is 0 Å². The lowest BCUT2D eigenvalue weighted by molar-refractivity contribution is -0.346. The van der Waals surface area contributed by atoms with Crippen LogP contribution in [0.15, 0.2) is 30.5 Å². The monoisotopic (exact) mass is 515 g/mol. The van der Waals surface area contributed by atoms with Crippen LogP contribution >= 0.6 is 0 Å². The van der Waals surface area contributed by atoms with E-state index in [1.54, 1.807) is 12.1 Å². The second-order valence-electron chi connectivity index (χ2n) is 8.52. The third-order valence-electron chi connectivity index (χ3n) is 6.67. The fraction of sp³-hybridized carbons (Fsp3) is 0.381. The Bertz CT molecular complexity index is 1370. The zero-order chi connectivity index (χ0) is 26.4. The molecule has 15 heteroatoms. The number of aromatic nitrogens is 1. The Morgan fingerprint density at radius 1 is 1.06 bits per heavy atom. The van der Waals surface area contributed by atoms with E-state index in [2.05, 4.69) is 4.98 Å². The van der Waals surface area contributed by atoms with Gasteiger partial charge in [0.2, 0.25) is 0 Å². The highest BCUT2D eigenvalue weighted by Crippen LogP contribution is 2.50. The third kappa shape index (κ3) is 2.86. The van der Waals surface area contributed by atoms with E-state index in [4.69, 9.17) is 0 Å². The summed E-state index contributed by atoms with van der Waals surface area (Å²) in [7, 11) is 0. The van der Waals surface area contributed by atoms with E-state index in [1.165, 1.54) is 12.1 Å². The molecule has 0 radical (unpaired) electrons. The number of likely N-dealkylation sites (tertiary alicyclic amines) is 1. The number of pyridine rings is 1. The maximum Gasteiger partial charge on any atom is 0.460 e. The summed E-state index contributed by atoms with van der Waals surface area (Å²) in [4.78, 5) is 44.4. The Labute approximate surface area is 196 Å². The normalized spacial score (nSPS) is 24.1. The Kier molecular flexibility index (Phi) is 4.80. The number of halogens is 7. The van der Waals surface area contributed by atoms with E-state index in [9.17, 15) is 50.4 Å². The number of amides is 4. The lowest BCUT2D eigenvalue weighted by Gasteiger charge is -2.38. The number of benzene rings is 1. The number of carbonyl (C=O) groups excluding carboxylic acids is 3. The molecule has 1 unspecified atom stereocenters. The van der Waals surface area contributed by atoms with Gasteiger partial charge in [0.05, 0.1) is 24.0 Å². The summed E-state index contributed by atoms with van der Waals surface area (Å²) in [5.41, 5.74) is -0.0428. The second kappa shape index (κ2) is 7.28. The van der Waals surface area contributed by atoms with Gasteiger partial charge >= 0.3 is 24.1 Å². The minimum atomic E-state index is -6.70. The molecule has 0 N–H and O–H groups in total. The number of fused-ring (bicyclic) bond motifs is 6. The van der Waals surface area contributed by atoms with E-state index in [1.807, 2.05) is 6.07 Å². The van der Waals surface area contributed by atoms with Gasteiger partial charge in [-0.05, 0) is 6.42 Å². The highest BCUT2D eigenvalue weighted by Gasteiger charge is 2.78. The number of carbonyl (C=O) groups is 3. The molecule has 3 aliphatic rings. The van der Waals surface area contributed by atoms with Crippen LogP contribution < -0.4 is 4.90 Å². The van der Waals surface area contributed by atoms with Gasteiger partial charge in [-0.1, -0.05) is 24.3 Å². The molecule has 4 amide bonds. The number of anilines is 1. The van der Waals surface area contributed by atoms with Gasteiger partial charge in [-0.25, -0.2) is 14.7 Å². The molecule has 1 aromatic carbocycles. The number of nitriles is 1. The first-order valence-electron chi connectivity index (χ1n) is 10.3. The van der Waals surface area contributed by atoms with Crippen LogP contribution in [0.4, 0.5) is 41.2 Å². The van der Waals surface area contributed by atoms with E-state index in [-0.39, 0.29) is 28.1 Å². The smallest absolute Gasteiger partial charge is 0.330 e. The predicted molar refractivity (Wildman–Crippen MR) is 105 cm³/mol. The molecule has 4 heterocycles. The summed E-state index contributed by atoms with van der Waals surface area (Å²) in [6.45, 7) is -0.747. The molecular weight excluding hydrogens is 503 g/mol. The number of nitrogens with zero attached hydrogens (tertiary/aromatic N) is 5. The average molecular weight is 515 g/mol. The van der Waals surface area contributed by atoms with Crippen molar-refractivity contribution in [2.45, 2.75) is 42.6 Å². The van der Waals surface area contributed by atoms with Crippen molar-refractivity contribution < 1.29 is 45.1 Å². The van der Waals surface area contributed by atoms with Gasteiger partial charge < -0.3 is 9.80 Å². The third-order valence-corrected chi connectivity index (χ3v) is 6.67. The molecule has 8 nitrogen and oxygen atoms in total. The van der Waals surface area contributed by atoms with Crippen molar-refractivity contribution in [2.75, 3.05) is 11.4 Å². The molecule has 0 saturated carbocycles. The molecule has 0 aliphatic carbocycles. The van der Waals surface area contributed by atoms with Gasteiger partial charge in [0.15, 0.2) is 0 Å². The molecule has 3 saturated heterocycles. The average Bonchev–Trinajstić information content (AvgIpc) is 3.48. The summed E-state index contributed by atoms with van der Waals surface area (Å²) >= 11 is 0. The van der Waals surface area contributed by atoms with Crippen molar-refractivity contribution >= 4 is 34.3 Å². The van der Waals surface area contributed by atoms with E-state index in [0.717, 1.165) is 11.1 Å². The molecule has 3 atom stereocenters. The summed E-state index contributed by atoms with van der Waals surface area (Å²) in [6.07, 6.45) is -5.86. The standard InChI is InChI=1S/C21H12F7N5O3/c22-19(23,20(24,25)21(26,27)28)17(35)31-8-9-5-13(31)15-16(34)33(18(36)32(9)15)14-7-30-12(6-29)10-3-1-2-4-11(10)14/h1-4,7,9,13,15H,5,8H2/t9-,13?,15-/m1/s1. The number of piperazine rings is 1. The Balaban J connectivity index is 1.50. The highest BCUT2D eigenvalue weighted by molar-refractivity contribution is 6.25. The SMILES string of the molecule is N#Cc1ncc(N2C(=O)[C@H]3C4C[C@H](CN4C(=O)C(F)(F)C(F)(F)C(F)(F)F)N3C2=O)c2ccccc12. The summed E-state index contributed by atoms with van der Waals surface area (Å²) in [6, 6.07) is 2.98. The lowest BCUT2D eigenvalue weighted by atomic mass is 10.0. The minimum absolute atomic E-state index is 0.00129. The van der Waals surface area contributed by atoms with Crippen molar-refractivity contribution in [3.63, 3.8) is 0 Å². The number of hydrogen-bond donors (Lipinski definition) is 0. The van der Waals surface area contributed by atoms with E-state index < -0.39 is 60.5 Å². The molecular formula is C21H12F7N5O3. The van der Waals surface area contributed by atoms with Gasteiger partial charge in [-0.3, -0.25) is 9.59 Å². The predicted octanol–water partition coefficient (Wildman–Crippen LogP) is 3.06. The molecule has 3 aliphatic heterocycles. The first-order chi connectivity index (χ1) is 16.7. The molecule has 2 bridgehead atoms. The molecule has 5 rings (SSSR count). The zero-order valence-corrected chi connectivity index (χ0v) is 17.6. The molecule has 1 aromatic heterocycles. The van der Waals surface area contributed by atoms with Crippen LogP contribution in [0.3, 0.4) is 0 Å². The van der Waals surface area contributed by atoms with Gasteiger partial charge in [-0.2, -0.15) is 36.0 Å². The van der Waals surface area contributed by atoms with Gasteiger partial charge in [0, 0.05) is 17.3 Å². The first kappa shape index (κ1) is 23.8. The van der Waals surface area contributed by atoms with Crippen molar-refractivity contribution in [3.05, 3.63) is 36.2 Å². The zero-order valence-electron chi connectivity index (χ0n) is 17.6. The topological polar surface area (TPSA) is 97.6 Å². The minimum Gasteiger partial charge on any atom is -0.330 e. The Hall–Kier alpha value is -3.96. The van der Waals surface area contributed by atoms with Gasteiger partial charge in [-0.15, -0.1) is 0 Å². The number of alkyl halides is 7. The fourth-order valence-electron chi connectivity index (χ4n) is 5.05. The maximum atomic E-state index is 14.1. The molecule has 36 heavy (non-hydrogen) atoms. The van der Waals surface area contributed by atoms with Crippen LogP contribution in [0.1, 0.15) is 12.1 Å². The summed E-state index contributed by atoms with van der Waals surface area (Å²) in [5, 5.41) is 9.85. The highest BCUT2D eigenvalue weighted by atomic mass is 19.4. The lowest BCUT2D eigenvalue weighted by Crippen LogP contribution is -2.64. The molecule has 0 spiro atoms. The Morgan fingerprint density at radius 3 is 2.31 bits per heavy atom. The van der Waals surface area contributed by atoms with Crippen molar-refractivity contribution in [3.8, 4) is 6.07 Å². The van der Waals surface area contributed by atoms with Crippen LogP contribution in [-0.2, 0) is 9.59 Å². The largest absolute Gasteiger partial charge is 0.460 e. The van der Waals surface area contributed by atoms with Gasteiger partial charge in [0.25, 0.3) is 11.8 Å². The fourth-order valence-corrected chi connectivity index (χ4v) is 5.05. The van der Waals surface area contributed by atoms with Crippen LogP contribution in [0.2, 0.25) is 0 Å². The van der Waals surface area contributed by atoms with Crippen LogP contribution in [-0.4, -0.2) is 75.3 Å². The van der Waals surface area contributed by atoms with Crippen LogP contribution in [0.5, 0.6) is 0 Å². The summed E-state index contributed by atoms with van der Waals surface area (Å²) < 4.78 is 92.8. The summed E-state index contributed by atoms with van der Waals surface area (Å²) in [5.74, 6) is -16.5. The number of imide groups is 1. The van der Waals surface area contributed by atoms with Gasteiger partial charge in [0.1, 0.15) is 17.8 Å². The maximum absolute atomic E-state index is 14.1. The Morgan fingerprint density at radius 2 is 1.69 bits per heavy atom. The van der Waals surface area contributed by atoms with Crippen molar-refractivity contribution in [1.29, 1.82) is 5.26 Å². The van der Waals surface area contributed by atoms with Crippen molar-refractivity contribution in [1.82, 2.24) is 14.8 Å². The number of urea groups is 1. The van der Waals surface area contributed by atoms with E-state index in [0.29, 0.717) is 10.3 Å². The molecule has 3 fully saturated rings. The van der Waals surface area contributed by atoms with Crippen LogP contribution in [0.25, 0.3) is 10.8 Å². The molecule has 188 valence electrons. The second-order valence-corrected chi connectivity index (χ2v) is 8.52.